The van der Waals surface area contributed by atoms with Crippen LogP contribution in [0.3, 0.4) is 0 Å². The fourth-order valence-electron chi connectivity index (χ4n) is 4.82. The van der Waals surface area contributed by atoms with Crippen molar-refractivity contribution in [2.24, 2.45) is 0 Å². The van der Waals surface area contributed by atoms with E-state index < -0.39 is 0 Å². The molecule has 1 aromatic carbocycles. The summed E-state index contributed by atoms with van der Waals surface area (Å²) in [7, 11) is 0. The smallest absolute Gasteiger partial charge is 0.293 e. The molecule has 1 fully saturated rings. The maximum absolute atomic E-state index is 13.3. The maximum Gasteiger partial charge on any atom is 0.293 e. The van der Waals surface area contributed by atoms with Crippen molar-refractivity contribution in [3.05, 3.63) is 78.3 Å². The second-order valence-corrected chi connectivity index (χ2v) is 8.59. The first kappa shape index (κ1) is 19.6. The zero-order valence-corrected chi connectivity index (χ0v) is 18.3. The number of H-pyrrole nitrogens is 1. The van der Waals surface area contributed by atoms with Crippen molar-refractivity contribution in [2.45, 2.75) is 25.7 Å². The quantitative estimate of drug-likeness (QED) is 0.461. The Balaban J connectivity index is 1.37. The molecule has 164 valence electrons. The maximum atomic E-state index is 13.3. The van der Waals surface area contributed by atoms with Gasteiger partial charge in [0, 0.05) is 66.0 Å². The Hall–Kier alpha value is -4.07. The first-order valence-electron chi connectivity index (χ1n) is 11.2. The highest BCUT2D eigenvalue weighted by molar-refractivity contribution is 5.98. The lowest BCUT2D eigenvalue weighted by atomic mass is 9.89. The normalized spacial score (nSPS) is 16.5. The van der Waals surface area contributed by atoms with Crippen LogP contribution in [0.1, 0.15) is 40.6 Å². The second-order valence-electron chi connectivity index (χ2n) is 8.59. The number of nitrogens with one attached hydrogen (secondary N) is 1. The molecule has 8 heteroatoms. The zero-order valence-electron chi connectivity index (χ0n) is 18.3. The molecule has 0 bridgehead atoms. The number of aromatic amines is 1. The van der Waals surface area contributed by atoms with Crippen LogP contribution in [0.15, 0.2) is 61.2 Å². The van der Waals surface area contributed by atoms with Crippen LogP contribution in [0, 0.1) is 6.92 Å². The molecule has 1 aliphatic rings. The molecule has 5 aromatic rings. The number of carbonyl (C=O) groups excluding carboxylic acids is 1. The summed E-state index contributed by atoms with van der Waals surface area (Å²) < 4.78 is 1.54. The number of aromatic nitrogens is 6. The van der Waals surface area contributed by atoms with E-state index in [9.17, 15) is 4.79 Å². The van der Waals surface area contributed by atoms with Crippen LogP contribution in [0.25, 0.3) is 27.8 Å². The van der Waals surface area contributed by atoms with Crippen LogP contribution < -0.4 is 0 Å². The van der Waals surface area contributed by atoms with Crippen molar-refractivity contribution in [3.63, 3.8) is 0 Å². The fraction of sp³-hybridized carbons (Fsp3) is 0.240. The number of nitrogens with zero attached hydrogens (tertiary/aromatic N) is 6. The average molecular weight is 438 g/mol. The van der Waals surface area contributed by atoms with Crippen LogP contribution in [0.4, 0.5) is 0 Å². The number of rotatable bonds is 3. The number of piperidine rings is 1. The number of benzene rings is 1. The highest BCUT2D eigenvalue weighted by Crippen LogP contribution is 2.39. The molecular weight excluding hydrogens is 414 g/mol. The molecule has 0 radical (unpaired) electrons. The predicted molar refractivity (Wildman–Crippen MR) is 125 cm³/mol. The van der Waals surface area contributed by atoms with Crippen LogP contribution >= 0.6 is 0 Å². The lowest BCUT2D eigenvalue weighted by Gasteiger charge is -2.32. The summed E-state index contributed by atoms with van der Waals surface area (Å²) >= 11 is 0. The van der Waals surface area contributed by atoms with Gasteiger partial charge in [0.1, 0.15) is 0 Å². The van der Waals surface area contributed by atoms with Gasteiger partial charge in [-0.15, -0.1) is 5.10 Å². The third-order valence-electron chi connectivity index (χ3n) is 6.38. The summed E-state index contributed by atoms with van der Waals surface area (Å²) in [5.74, 6) is 0.660. The lowest BCUT2D eigenvalue weighted by molar-refractivity contribution is 0.0694. The van der Waals surface area contributed by atoms with Crippen molar-refractivity contribution in [1.29, 1.82) is 0 Å². The van der Waals surface area contributed by atoms with E-state index in [2.05, 4.69) is 50.2 Å². The Morgan fingerprint density at radius 2 is 2.03 bits per heavy atom. The Morgan fingerprint density at radius 3 is 2.88 bits per heavy atom. The number of hydrogen-bond acceptors (Lipinski definition) is 5. The second kappa shape index (κ2) is 7.81. The summed E-state index contributed by atoms with van der Waals surface area (Å²) in [6.45, 7) is 3.42. The number of fused-ring (bicyclic) bond motifs is 2. The van der Waals surface area contributed by atoms with Crippen molar-refractivity contribution < 1.29 is 4.79 Å². The molecule has 4 aromatic heterocycles. The molecule has 6 rings (SSSR count). The van der Waals surface area contributed by atoms with Gasteiger partial charge in [0.15, 0.2) is 0 Å². The largest absolute Gasteiger partial charge is 0.358 e. The molecule has 1 amide bonds. The summed E-state index contributed by atoms with van der Waals surface area (Å²) in [4.78, 5) is 31.5. The molecule has 1 atom stereocenters. The van der Waals surface area contributed by atoms with Gasteiger partial charge in [-0.1, -0.05) is 11.6 Å². The van der Waals surface area contributed by atoms with Crippen LogP contribution in [0.5, 0.6) is 0 Å². The Labute approximate surface area is 190 Å². The third-order valence-corrected chi connectivity index (χ3v) is 6.38. The van der Waals surface area contributed by atoms with E-state index in [1.54, 1.807) is 18.5 Å². The summed E-state index contributed by atoms with van der Waals surface area (Å²) in [6.07, 6.45) is 8.98. The van der Waals surface area contributed by atoms with E-state index in [0.29, 0.717) is 18.9 Å². The van der Waals surface area contributed by atoms with Gasteiger partial charge in [-0.3, -0.25) is 9.78 Å². The monoisotopic (exact) mass is 437 g/mol. The van der Waals surface area contributed by atoms with Gasteiger partial charge in [-0.2, -0.15) is 4.98 Å². The van der Waals surface area contributed by atoms with Crippen LogP contribution in [-0.2, 0) is 0 Å². The molecule has 1 N–H and O–H groups in total. The fourth-order valence-corrected chi connectivity index (χ4v) is 4.82. The van der Waals surface area contributed by atoms with Crippen LogP contribution in [-0.4, -0.2) is 53.4 Å². The Kier molecular flexibility index (Phi) is 4.64. The van der Waals surface area contributed by atoms with Gasteiger partial charge in [-0.25, -0.2) is 9.50 Å². The molecular formula is C25H23N7O. The van der Waals surface area contributed by atoms with E-state index in [0.717, 1.165) is 23.9 Å². The Bertz CT molecular complexity index is 1440. The van der Waals surface area contributed by atoms with E-state index in [-0.39, 0.29) is 17.6 Å². The summed E-state index contributed by atoms with van der Waals surface area (Å²) in [6, 6.07) is 12.4. The Morgan fingerprint density at radius 1 is 1.15 bits per heavy atom. The predicted octanol–water partition coefficient (Wildman–Crippen LogP) is 4.00. The molecule has 0 aliphatic carbocycles. The van der Waals surface area contributed by atoms with E-state index in [1.807, 2.05) is 29.4 Å². The molecule has 1 unspecified atom stereocenters. The van der Waals surface area contributed by atoms with Crippen molar-refractivity contribution in [1.82, 2.24) is 34.4 Å². The molecule has 5 heterocycles. The van der Waals surface area contributed by atoms with E-state index in [1.165, 1.54) is 26.7 Å². The molecule has 8 nitrogen and oxygen atoms in total. The van der Waals surface area contributed by atoms with Gasteiger partial charge in [0.25, 0.3) is 11.7 Å². The minimum atomic E-state index is -0.150. The first-order valence-corrected chi connectivity index (χ1v) is 11.2. The minimum absolute atomic E-state index is 0.150. The van der Waals surface area contributed by atoms with Crippen molar-refractivity contribution in [2.75, 3.05) is 13.1 Å². The lowest BCUT2D eigenvalue weighted by Crippen LogP contribution is -2.39. The highest BCUT2D eigenvalue weighted by Gasteiger charge is 2.30. The number of likely N-dealkylation sites (tertiary alicyclic amines) is 1. The molecule has 0 saturated carbocycles. The van der Waals surface area contributed by atoms with Gasteiger partial charge in [-0.05, 0) is 55.7 Å². The van der Waals surface area contributed by atoms with Crippen molar-refractivity contribution in [3.8, 4) is 11.1 Å². The topological polar surface area (TPSA) is 92.1 Å². The number of hydrogen-bond donors (Lipinski definition) is 1. The van der Waals surface area contributed by atoms with Gasteiger partial charge in [0.2, 0.25) is 5.82 Å². The number of carbonyl (C=O) groups is 1. The molecule has 1 aliphatic heterocycles. The van der Waals surface area contributed by atoms with Gasteiger partial charge < -0.3 is 9.88 Å². The molecule has 33 heavy (non-hydrogen) atoms. The van der Waals surface area contributed by atoms with Crippen LogP contribution in [0.2, 0.25) is 0 Å². The number of pyridine rings is 1. The SMILES string of the molecule is Cc1ccc2[nH]c(C3CCCN(C(=O)c4nc5ncccn5n4)C3)c(-c3ccncc3)c2c1. The van der Waals surface area contributed by atoms with Gasteiger partial charge >= 0.3 is 0 Å². The van der Waals surface area contributed by atoms with E-state index >= 15 is 0 Å². The third kappa shape index (κ3) is 3.44. The summed E-state index contributed by atoms with van der Waals surface area (Å²) in [5.41, 5.74) is 5.83. The first-order chi connectivity index (χ1) is 16.2. The zero-order chi connectivity index (χ0) is 22.4. The minimum Gasteiger partial charge on any atom is -0.358 e. The molecule has 0 spiro atoms. The standard InChI is InChI=1S/C25H23N7O/c1-16-5-6-20-19(14-16)21(17-7-10-26-11-8-17)22(28-20)18-4-2-12-31(15-18)24(33)23-29-25-27-9-3-13-32(25)30-23/h3,5-11,13-14,18,28H,2,4,12,15H2,1H3. The number of aryl methyl sites for hydroxylation is 1. The summed E-state index contributed by atoms with van der Waals surface area (Å²) in [5, 5.41) is 5.53. The van der Waals surface area contributed by atoms with Crippen molar-refractivity contribution >= 4 is 22.6 Å². The number of amides is 1. The highest BCUT2D eigenvalue weighted by atomic mass is 16.2. The van der Waals surface area contributed by atoms with Gasteiger partial charge in [0.05, 0.1) is 0 Å². The average Bonchev–Trinajstić information content (AvgIpc) is 3.46. The van der Waals surface area contributed by atoms with E-state index in [4.69, 9.17) is 0 Å². The molecule has 1 saturated heterocycles.